The molecule has 0 saturated carbocycles. The summed E-state index contributed by atoms with van der Waals surface area (Å²) in [6.07, 6.45) is 2.90. The number of hydrogen-bond donors (Lipinski definition) is 0. The Hall–Kier alpha value is -0.311. The van der Waals surface area contributed by atoms with Gasteiger partial charge in [-0.3, -0.25) is 0 Å². The van der Waals surface area contributed by atoms with Crippen molar-refractivity contribution in [1.29, 1.82) is 0 Å². The number of carbonyl (C=O) groups excluding carboxylic acids is 1. The standard InChI is InChI=1S/C10H9O.CH3.Sn/c11-10-7-3-5-8-4-1-2-6-9(8)10;;/h2,4,6H,3,5,7H2;1H3;. The van der Waals surface area contributed by atoms with Crippen molar-refractivity contribution in [3.05, 3.63) is 29.3 Å². The molecule has 0 spiro atoms. The van der Waals surface area contributed by atoms with Crippen LogP contribution in [0.2, 0.25) is 4.94 Å². The molecule has 0 amide bonds. The van der Waals surface area contributed by atoms with Crippen LogP contribution >= 0.6 is 0 Å². The van der Waals surface area contributed by atoms with Crippen LogP contribution < -0.4 is 3.58 Å². The first kappa shape index (κ1) is 9.25. The van der Waals surface area contributed by atoms with E-state index in [-0.39, 0.29) is 21.1 Å². The van der Waals surface area contributed by atoms with Crippen molar-refractivity contribution in [1.82, 2.24) is 0 Å². The minimum absolute atomic E-state index is 0.319. The summed E-state index contributed by atoms with van der Waals surface area (Å²) in [5.41, 5.74) is 2.29. The van der Waals surface area contributed by atoms with Gasteiger partial charge in [0.1, 0.15) is 0 Å². The molecule has 1 aromatic rings. The minimum atomic E-state index is -0.319. The summed E-state index contributed by atoms with van der Waals surface area (Å²) in [4.78, 5) is 13.8. The molecule has 66 valence electrons. The van der Waals surface area contributed by atoms with Crippen molar-refractivity contribution >= 4 is 30.5 Å². The molecular weight excluding hydrogens is 267 g/mol. The third kappa shape index (κ3) is 1.80. The topological polar surface area (TPSA) is 17.1 Å². The predicted molar refractivity (Wildman–Crippen MR) is 55.0 cm³/mol. The van der Waals surface area contributed by atoms with Gasteiger partial charge in [0.15, 0.2) is 0 Å². The quantitative estimate of drug-likeness (QED) is 0.713. The molecule has 1 nitrogen and oxygen atoms in total. The Morgan fingerprint density at radius 1 is 1.31 bits per heavy atom. The van der Waals surface area contributed by atoms with Crippen LogP contribution in [0.1, 0.15) is 28.8 Å². The van der Waals surface area contributed by atoms with Gasteiger partial charge in [0.2, 0.25) is 0 Å². The van der Waals surface area contributed by atoms with Crippen molar-refractivity contribution in [2.75, 3.05) is 0 Å². The van der Waals surface area contributed by atoms with Crippen LogP contribution in [-0.4, -0.2) is 26.9 Å². The molecular formula is C11H12OSn. The Labute approximate surface area is 88.8 Å². The molecule has 2 radical (unpaired) electrons. The second kappa shape index (κ2) is 3.82. The summed E-state index contributed by atoms with van der Waals surface area (Å²) in [6.45, 7) is 0. The van der Waals surface area contributed by atoms with Gasteiger partial charge in [-0.25, -0.2) is 0 Å². The molecule has 13 heavy (non-hydrogen) atoms. The molecule has 1 aliphatic rings. The van der Waals surface area contributed by atoms with Crippen LogP contribution in [0.3, 0.4) is 0 Å². The number of hydrogen-bond acceptors (Lipinski definition) is 1. The van der Waals surface area contributed by atoms with Gasteiger partial charge < -0.3 is 0 Å². The second-order valence-corrected chi connectivity index (χ2v) is 6.47. The first-order valence-electron chi connectivity index (χ1n) is 4.65. The number of Topliss-reactive ketones (excluding diaryl/α,β-unsaturated/α-hetero) is 1. The summed E-state index contributed by atoms with van der Waals surface area (Å²) in [5.74, 6) is 0.342. The summed E-state index contributed by atoms with van der Waals surface area (Å²) in [5, 5.41) is 0. The average Bonchev–Trinajstić information content (AvgIpc) is 2.18. The second-order valence-electron chi connectivity index (χ2n) is 3.40. The molecule has 0 fully saturated rings. The number of aryl methyl sites for hydroxylation is 1. The Morgan fingerprint density at radius 2 is 2.15 bits per heavy atom. The van der Waals surface area contributed by atoms with E-state index in [0.717, 1.165) is 24.8 Å². The SMILES string of the molecule is [CH3][Sn][c]1ccc2c(c1)CCCC2=O. The van der Waals surface area contributed by atoms with E-state index in [1.807, 2.05) is 6.07 Å². The fourth-order valence-corrected chi connectivity index (χ4v) is 3.42. The zero-order valence-corrected chi connectivity index (χ0v) is 10.6. The number of ketones is 1. The van der Waals surface area contributed by atoms with Gasteiger partial charge in [0.05, 0.1) is 0 Å². The van der Waals surface area contributed by atoms with Crippen molar-refractivity contribution in [2.45, 2.75) is 24.2 Å². The van der Waals surface area contributed by atoms with Gasteiger partial charge in [-0.15, -0.1) is 0 Å². The molecule has 0 heterocycles. The molecule has 0 N–H and O–H groups in total. The fourth-order valence-electron chi connectivity index (χ4n) is 1.80. The molecule has 0 aromatic heterocycles. The van der Waals surface area contributed by atoms with Gasteiger partial charge in [-0.1, -0.05) is 0 Å². The molecule has 0 atom stereocenters. The Balaban J connectivity index is 2.45. The van der Waals surface area contributed by atoms with E-state index in [9.17, 15) is 4.79 Å². The van der Waals surface area contributed by atoms with Crippen molar-refractivity contribution in [3.8, 4) is 0 Å². The number of benzene rings is 1. The van der Waals surface area contributed by atoms with E-state index in [1.165, 1.54) is 9.14 Å². The average molecular weight is 279 g/mol. The number of carbonyl (C=O) groups is 1. The summed E-state index contributed by atoms with van der Waals surface area (Å²) in [7, 11) is 0. The summed E-state index contributed by atoms with van der Waals surface area (Å²) < 4.78 is 1.51. The molecule has 0 bridgehead atoms. The Bertz CT molecular complexity index is 344. The van der Waals surface area contributed by atoms with Crippen LogP contribution in [0.5, 0.6) is 0 Å². The van der Waals surface area contributed by atoms with Gasteiger partial charge in [0.25, 0.3) is 0 Å². The maximum atomic E-state index is 11.5. The molecule has 2 heteroatoms. The van der Waals surface area contributed by atoms with Crippen molar-refractivity contribution in [2.24, 2.45) is 0 Å². The van der Waals surface area contributed by atoms with Gasteiger partial charge >= 0.3 is 88.8 Å². The Kier molecular flexibility index (Phi) is 2.72. The third-order valence-corrected chi connectivity index (χ3v) is 5.08. The van der Waals surface area contributed by atoms with E-state index >= 15 is 0 Å². The normalized spacial score (nSPS) is 15.6. The zero-order chi connectivity index (χ0) is 9.26. The molecule has 2 rings (SSSR count). The van der Waals surface area contributed by atoms with Crippen LogP contribution in [0.4, 0.5) is 0 Å². The first-order valence-corrected chi connectivity index (χ1v) is 8.93. The van der Waals surface area contributed by atoms with Crippen LogP contribution in [0.25, 0.3) is 0 Å². The van der Waals surface area contributed by atoms with Crippen molar-refractivity contribution < 1.29 is 4.79 Å². The Morgan fingerprint density at radius 3 is 2.92 bits per heavy atom. The molecule has 0 unspecified atom stereocenters. The predicted octanol–water partition coefficient (Wildman–Crippen LogP) is 1.58. The van der Waals surface area contributed by atoms with E-state index in [2.05, 4.69) is 17.1 Å². The van der Waals surface area contributed by atoms with E-state index in [4.69, 9.17) is 0 Å². The molecule has 0 saturated heterocycles. The fraction of sp³-hybridized carbons (Fsp3) is 0.364. The first-order chi connectivity index (χ1) is 6.31. The van der Waals surface area contributed by atoms with E-state index < -0.39 is 0 Å². The van der Waals surface area contributed by atoms with E-state index in [1.54, 1.807) is 0 Å². The van der Waals surface area contributed by atoms with E-state index in [0.29, 0.717) is 5.78 Å². The van der Waals surface area contributed by atoms with Crippen LogP contribution in [0.15, 0.2) is 18.2 Å². The number of fused-ring (bicyclic) bond motifs is 1. The molecule has 0 aliphatic heterocycles. The molecule has 1 aromatic carbocycles. The number of rotatable bonds is 1. The van der Waals surface area contributed by atoms with Crippen molar-refractivity contribution in [3.63, 3.8) is 0 Å². The molecule has 1 aliphatic carbocycles. The zero-order valence-electron chi connectivity index (χ0n) is 7.76. The summed E-state index contributed by atoms with van der Waals surface area (Å²) in [6, 6.07) is 6.45. The van der Waals surface area contributed by atoms with Gasteiger partial charge in [-0.2, -0.15) is 0 Å². The van der Waals surface area contributed by atoms with Gasteiger partial charge in [0, 0.05) is 0 Å². The summed E-state index contributed by atoms with van der Waals surface area (Å²) >= 11 is -0.319. The monoisotopic (exact) mass is 280 g/mol. The van der Waals surface area contributed by atoms with Gasteiger partial charge in [-0.05, 0) is 0 Å². The van der Waals surface area contributed by atoms with Crippen LogP contribution in [-0.2, 0) is 6.42 Å². The van der Waals surface area contributed by atoms with Crippen LogP contribution in [0, 0.1) is 0 Å². The maximum absolute atomic E-state index is 11.5. The third-order valence-electron chi connectivity index (χ3n) is 2.54.